The molecule has 2 aliphatic heterocycles. The van der Waals surface area contributed by atoms with E-state index in [0.717, 1.165) is 34.9 Å². The average Bonchev–Trinajstić information content (AvgIpc) is 3.40. The number of methoxy groups -OCH3 is 1. The first kappa shape index (κ1) is 52.5. The summed E-state index contributed by atoms with van der Waals surface area (Å²) in [5, 5.41) is 0. The third-order valence-electron chi connectivity index (χ3n) is 12.1. The van der Waals surface area contributed by atoms with Crippen molar-refractivity contribution in [2.75, 3.05) is 13.7 Å². The van der Waals surface area contributed by atoms with E-state index in [1.807, 2.05) is 91.0 Å². The SMILES string of the molecule is CO[C@H]1O[C@H](CO[C@@H]2O[C@@H](C)[C@H](OC(=O)c3ccccc3)[C@@H](OCc3ccccc3)[C@H]2OS(=O)(=O)c2ccccc2C(F)(F)F)[C@@H](OCc2ccccc2)[C@H](OCc2ccccc2)[C@H]1OCc1ccccc1. The van der Waals surface area contributed by atoms with Gasteiger partial charge in [-0.2, -0.15) is 21.6 Å². The maximum Gasteiger partial charge on any atom is 0.417 e. The normalized spacial score (nSPS) is 24.6. The zero-order valence-electron chi connectivity index (χ0n) is 39.4. The lowest BCUT2D eigenvalue weighted by Gasteiger charge is -2.47. The van der Waals surface area contributed by atoms with Gasteiger partial charge in [0.15, 0.2) is 24.8 Å². The molecule has 0 aromatic heterocycles. The van der Waals surface area contributed by atoms with Gasteiger partial charge in [0.1, 0.15) is 35.4 Å². The second-order valence-corrected chi connectivity index (χ2v) is 18.7. The quantitative estimate of drug-likeness (QED) is 0.0499. The third kappa shape index (κ3) is 13.6. The first-order valence-corrected chi connectivity index (χ1v) is 24.7. The van der Waals surface area contributed by atoms with E-state index in [2.05, 4.69) is 0 Å². The molecule has 6 aromatic rings. The predicted molar refractivity (Wildman–Crippen MR) is 255 cm³/mol. The van der Waals surface area contributed by atoms with Gasteiger partial charge in [0.2, 0.25) is 0 Å². The molecule has 8 rings (SSSR count). The van der Waals surface area contributed by atoms with Gasteiger partial charge in [-0.05, 0) is 53.4 Å². The molecule has 0 amide bonds. The van der Waals surface area contributed by atoms with Crippen LogP contribution in [0.25, 0.3) is 0 Å². The van der Waals surface area contributed by atoms with Gasteiger partial charge in [-0.3, -0.25) is 4.18 Å². The number of alkyl halides is 3. The minimum atomic E-state index is -5.34. The van der Waals surface area contributed by atoms with Crippen molar-refractivity contribution in [3.8, 4) is 0 Å². The van der Waals surface area contributed by atoms with E-state index in [-0.39, 0.29) is 32.0 Å². The molecule has 2 aliphatic rings. The molecule has 0 unspecified atom stereocenters. The van der Waals surface area contributed by atoms with Crippen molar-refractivity contribution in [3.05, 3.63) is 209 Å². The van der Waals surface area contributed by atoms with Crippen molar-refractivity contribution in [2.24, 2.45) is 0 Å². The van der Waals surface area contributed by atoms with Gasteiger partial charge >= 0.3 is 12.1 Å². The predicted octanol–water partition coefficient (Wildman–Crippen LogP) is 9.48. The van der Waals surface area contributed by atoms with E-state index in [0.29, 0.717) is 11.6 Å². The molecule has 0 bridgehead atoms. The first-order valence-electron chi connectivity index (χ1n) is 23.3. The molecule has 2 heterocycles. The molecular weight excluding hydrogens is 958 g/mol. The summed E-state index contributed by atoms with van der Waals surface area (Å²) in [6.07, 6.45) is -17.7. The summed E-state index contributed by atoms with van der Waals surface area (Å²) in [6, 6.07) is 48.9. The van der Waals surface area contributed by atoms with Gasteiger partial charge in [-0.1, -0.05) is 152 Å². The van der Waals surface area contributed by atoms with E-state index < -0.39 is 101 Å². The Bertz CT molecular complexity index is 2710. The lowest BCUT2D eigenvalue weighted by atomic mass is 9.97. The maximum absolute atomic E-state index is 14.5. The number of benzene rings is 6. The number of hydrogen-bond donors (Lipinski definition) is 0. The zero-order valence-corrected chi connectivity index (χ0v) is 40.2. The van der Waals surface area contributed by atoms with Crippen LogP contribution in [-0.2, 0) is 89.5 Å². The highest BCUT2D eigenvalue weighted by Gasteiger charge is 2.54. The second kappa shape index (κ2) is 24.7. The number of rotatable bonds is 21. The van der Waals surface area contributed by atoms with E-state index in [1.165, 1.54) is 19.2 Å². The number of hydrogen-bond acceptors (Lipinski definition) is 13. The summed E-state index contributed by atoms with van der Waals surface area (Å²) in [5.41, 5.74) is 1.89. The molecule has 72 heavy (non-hydrogen) atoms. The van der Waals surface area contributed by atoms with Crippen molar-refractivity contribution < 1.29 is 73.2 Å². The molecule has 6 aromatic carbocycles. The number of esters is 1. The molecule has 17 heteroatoms. The van der Waals surface area contributed by atoms with Gasteiger partial charge in [-0.25, -0.2) is 4.79 Å². The minimum Gasteiger partial charge on any atom is -0.453 e. The molecule has 0 N–H and O–H groups in total. The molecule has 0 spiro atoms. The Balaban J connectivity index is 1.16. The summed E-state index contributed by atoms with van der Waals surface area (Å²) < 4.78 is 136. The monoisotopic (exact) mass is 1010 g/mol. The maximum atomic E-state index is 14.5. The van der Waals surface area contributed by atoms with Crippen LogP contribution in [0.3, 0.4) is 0 Å². The van der Waals surface area contributed by atoms with Gasteiger partial charge in [0.25, 0.3) is 10.1 Å². The van der Waals surface area contributed by atoms with Crippen LogP contribution in [0.4, 0.5) is 13.2 Å². The minimum absolute atomic E-state index is 0.0863. The number of carbonyl (C=O) groups is 1. The molecule has 0 radical (unpaired) electrons. The van der Waals surface area contributed by atoms with Crippen LogP contribution in [0.5, 0.6) is 0 Å². The fourth-order valence-corrected chi connectivity index (χ4v) is 9.77. The van der Waals surface area contributed by atoms with Crippen molar-refractivity contribution >= 4 is 16.1 Å². The standard InChI is InChI=1S/C55H55F3O13S/c1-37-46(70-52(59)42-28-16-7-17-29-42)48(64-33-39-22-10-4-11-23-39)51(71-72(60,61)45-31-19-18-30-43(45)55(56,57)58)54(68-37)67-36-44-47(63-32-38-20-8-3-9-21-38)49(65-34-40-24-12-5-13-25-40)50(53(62-2)69-44)66-35-41-26-14-6-15-27-41/h3-31,37,44,46-51,53-54H,32-36H2,1-2H3/t37-,44+,46-,47+,48+,49-,50+,51+,53-,54+/m0/s1. The number of carbonyl (C=O) groups excluding carboxylic acids is 1. The fourth-order valence-electron chi connectivity index (χ4n) is 8.47. The van der Waals surface area contributed by atoms with Gasteiger partial charge < -0.3 is 42.6 Å². The molecule has 0 aliphatic carbocycles. The Morgan fingerprint density at radius 1 is 0.514 bits per heavy atom. The molecule has 380 valence electrons. The van der Waals surface area contributed by atoms with E-state index >= 15 is 0 Å². The topological polar surface area (TPSA) is 144 Å². The highest BCUT2D eigenvalue weighted by Crippen LogP contribution is 2.38. The van der Waals surface area contributed by atoms with E-state index in [4.69, 9.17) is 46.8 Å². The van der Waals surface area contributed by atoms with Crippen LogP contribution in [0.2, 0.25) is 0 Å². The largest absolute Gasteiger partial charge is 0.453 e. The van der Waals surface area contributed by atoms with Gasteiger partial charge in [-0.15, -0.1) is 0 Å². The molecule has 10 atom stereocenters. The van der Waals surface area contributed by atoms with Crippen LogP contribution in [-0.4, -0.2) is 89.5 Å². The first-order chi connectivity index (χ1) is 34.9. The fraction of sp³-hybridized carbons (Fsp3) is 0.327. The lowest BCUT2D eigenvalue weighted by molar-refractivity contribution is -0.339. The average molecular weight is 1010 g/mol. The molecular formula is C55H55F3O13S. The number of ether oxygens (including phenoxy) is 9. The summed E-state index contributed by atoms with van der Waals surface area (Å²) in [4.78, 5) is 12.6. The summed E-state index contributed by atoms with van der Waals surface area (Å²) in [5.74, 6) is -0.807. The van der Waals surface area contributed by atoms with Crippen LogP contribution in [0.15, 0.2) is 181 Å². The van der Waals surface area contributed by atoms with Gasteiger partial charge in [0.05, 0.1) is 50.3 Å². The van der Waals surface area contributed by atoms with Crippen LogP contribution in [0, 0.1) is 0 Å². The molecule has 0 saturated carbocycles. The Labute approximate surface area is 416 Å². The Morgan fingerprint density at radius 3 is 1.43 bits per heavy atom. The summed E-state index contributed by atoms with van der Waals surface area (Å²) in [6.45, 7) is 1.34. The van der Waals surface area contributed by atoms with Crippen molar-refractivity contribution in [2.45, 2.75) is 106 Å². The highest BCUT2D eigenvalue weighted by molar-refractivity contribution is 7.86. The van der Waals surface area contributed by atoms with Crippen molar-refractivity contribution in [1.29, 1.82) is 0 Å². The van der Waals surface area contributed by atoms with Crippen LogP contribution in [0.1, 0.15) is 45.1 Å². The van der Waals surface area contributed by atoms with Crippen LogP contribution < -0.4 is 0 Å². The summed E-state index contributed by atoms with van der Waals surface area (Å²) >= 11 is 0. The highest BCUT2D eigenvalue weighted by atomic mass is 32.2. The molecule has 2 fully saturated rings. The summed E-state index contributed by atoms with van der Waals surface area (Å²) in [7, 11) is -3.89. The smallest absolute Gasteiger partial charge is 0.417 e. The van der Waals surface area contributed by atoms with Crippen molar-refractivity contribution in [1.82, 2.24) is 0 Å². The Morgan fingerprint density at radius 2 is 0.944 bits per heavy atom. The second-order valence-electron chi connectivity index (χ2n) is 17.1. The zero-order chi connectivity index (χ0) is 50.5. The van der Waals surface area contributed by atoms with E-state index in [9.17, 15) is 26.4 Å². The van der Waals surface area contributed by atoms with Gasteiger partial charge in [0, 0.05) is 7.11 Å². The third-order valence-corrected chi connectivity index (χ3v) is 13.4. The lowest BCUT2D eigenvalue weighted by Crippen LogP contribution is -2.63. The molecule has 2 saturated heterocycles. The van der Waals surface area contributed by atoms with Crippen molar-refractivity contribution in [3.63, 3.8) is 0 Å². The molecule has 13 nitrogen and oxygen atoms in total. The number of halogens is 3. The van der Waals surface area contributed by atoms with E-state index in [1.54, 1.807) is 55.5 Å². The van der Waals surface area contributed by atoms with Crippen LogP contribution >= 0.6 is 0 Å². The Hall–Kier alpha value is -5.83. The Kier molecular flexibility index (Phi) is 18.0.